The number of rotatable bonds is 11. The van der Waals surface area contributed by atoms with E-state index in [1.807, 2.05) is 24.4 Å². The van der Waals surface area contributed by atoms with Crippen molar-refractivity contribution in [3.63, 3.8) is 0 Å². The number of unbranched alkanes of at least 4 members (excludes halogenated alkanes) is 1. The molecule has 1 fully saturated rings. The lowest BCUT2D eigenvalue weighted by molar-refractivity contribution is 0.299. The second-order valence-corrected chi connectivity index (χ2v) is 9.10. The number of ether oxygens (including phenoxy) is 1. The molecule has 1 aliphatic rings. The smallest absolute Gasteiger partial charge is 0.119 e. The maximum Gasteiger partial charge on any atom is 0.119 e. The van der Waals surface area contributed by atoms with Crippen LogP contribution in [0.25, 0.3) is 0 Å². The third kappa shape index (κ3) is 6.46. The lowest BCUT2D eigenvalue weighted by atomic mass is 10.1. The van der Waals surface area contributed by atoms with Crippen molar-refractivity contribution < 1.29 is 8.95 Å². The predicted octanol–water partition coefficient (Wildman–Crippen LogP) is 3.28. The second kappa shape index (κ2) is 9.44. The summed E-state index contributed by atoms with van der Waals surface area (Å²) >= 11 is 0. The van der Waals surface area contributed by atoms with Gasteiger partial charge in [0.25, 0.3) is 0 Å². The van der Waals surface area contributed by atoms with Gasteiger partial charge in [-0.05, 0) is 74.6 Å². The van der Waals surface area contributed by atoms with Gasteiger partial charge in [0.05, 0.1) is 6.61 Å². The summed E-state index contributed by atoms with van der Waals surface area (Å²) in [6.45, 7) is 5.55. The average Bonchev–Trinajstić information content (AvgIpc) is 3.38. The summed E-state index contributed by atoms with van der Waals surface area (Å²) in [5.74, 6) is 2.30. The van der Waals surface area contributed by atoms with Crippen molar-refractivity contribution in [2.45, 2.75) is 52.0 Å². The quantitative estimate of drug-likeness (QED) is 0.474. The van der Waals surface area contributed by atoms with Crippen LogP contribution in [0.15, 0.2) is 24.3 Å². The van der Waals surface area contributed by atoms with Crippen molar-refractivity contribution in [1.29, 1.82) is 0 Å². The van der Waals surface area contributed by atoms with Gasteiger partial charge in [-0.3, -0.25) is 4.21 Å². The van der Waals surface area contributed by atoms with Gasteiger partial charge >= 0.3 is 0 Å². The van der Waals surface area contributed by atoms with E-state index in [1.54, 1.807) is 0 Å². The molecule has 0 saturated heterocycles. The van der Waals surface area contributed by atoms with Crippen molar-refractivity contribution in [3.05, 3.63) is 29.8 Å². The first-order chi connectivity index (χ1) is 11.6. The van der Waals surface area contributed by atoms with E-state index in [-0.39, 0.29) is 6.04 Å². The molecule has 3 N–H and O–H groups in total. The van der Waals surface area contributed by atoms with Crippen molar-refractivity contribution in [2.24, 2.45) is 11.7 Å². The molecule has 5 heteroatoms. The SMILES string of the molecule is CCC=S(=O)(CCCCN)N[C@H](C)c1cccc(OCC2CC2)c1. The fourth-order valence-corrected chi connectivity index (χ4v) is 4.95. The Balaban J connectivity index is 2.00. The van der Waals surface area contributed by atoms with Gasteiger partial charge in [-0.1, -0.05) is 19.1 Å². The summed E-state index contributed by atoms with van der Waals surface area (Å²) in [7, 11) is -2.16. The van der Waals surface area contributed by atoms with Crippen LogP contribution in [0.4, 0.5) is 0 Å². The van der Waals surface area contributed by atoms with Gasteiger partial charge in [0.2, 0.25) is 0 Å². The molecule has 0 spiro atoms. The highest BCUT2D eigenvalue weighted by Gasteiger charge is 2.22. The first-order valence-electron chi connectivity index (χ1n) is 9.11. The van der Waals surface area contributed by atoms with Crippen LogP contribution in [0.1, 0.15) is 57.6 Å². The normalized spacial score (nSPS) is 18.0. The Kier molecular flexibility index (Phi) is 7.59. The van der Waals surface area contributed by atoms with Crippen LogP contribution in [-0.4, -0.2) is 28.5 Å². The van der Waals surface area contributed by atoms with Crippen LogP contribution in [-0.2, 0) is 9.71 Å². The Bertz CT molecular complexity index is 620. The van der Waals surface area contributed by atoms with E-state index in [1.165, 1.54) is 12.8 Å². The van der Waals surface area contributed by atoms with E-state index in [9.17, 15) is 4.21 Å². The first-order valence-corrected chi connectivity index (χ1v) is 10.9. The van der Waals surface area contributed by atoms with Gasteiger partial charge in [-0.25, -0.2) is 4.72 Å². The summed E-state index contributed by atoms with van der Waals surface area (Å²) in [6, 6.07) is 8.15. The maximum atomic E-state index is 13.1. The zero-order valence-corrected chi connectivity index (χ0v) is 15.8. The molecule has 1 aromatic carbocycles. The fourth-order valence-electron chi connectivity index (χ4n) is 2.66. The molecule has 0 aliphatic heterocycles. The van der Waals surface area contributed by atoms with Gasteiger partial charge in [0.15, 0.2) is 0 Å². The molecule has 0 heterocycles. The van der Waals surface area contributed by atoms with Crippen LogP contribution in [0.3, 0.4) is 0 Å². The highest BCUT2D eigenvalue weighted by molar-refractivity contribution is 7.99. The van der Waals surface area contributed by atoms with Crippen molar-refractivity contribution >= 4 is 15.1 Å². The van der Waals surface area contributed by atoms with Crippen LogP contribution < -0.4 is 15.2 Å². The Morgan fingerprint density at radius 1 is 1.42 bits per heavy atom. The maximum absolute atomic E-state index is 13.1. The van der Waals surface area contributed by atoms with E-state index in [0.717, 1.165) is 43.1 Å². The summed E-state index contributed by atoms with van der Waals surface area (Å²) in [6.07, 6.45) is 5.17. The van der Waals surface area contributed by atoms with Crippen molar-refractivity contribution in [2.75, 3.05) is 18.9 Å². The molecule has 2 atom stereocenters. The number of nitrogens with one attached hydrogen (secondary N) is 1. The molecule has 0 aromatic heterocycles. The molecule has 1 aliphatic carbocycles. The predicted molar refractivity (Wildman–Crippen MR) is 104 cm³/mol. The summed E-state index contributed by atoms with van der Waals surface area (Å²) in [4.78, 5) is 0. The van der Waals surface area contributed by atoms with E-state index in [0.29, 0.717) is 12.3 Å². The van der Waals surface area contributed by atoms with Crippen LogP contribution in [0.2, 0.25) is 0 Å². The molecule has 1 saturated carbocycles. The Labute approximate surface area is 147 Å². The van der Waals surface area contributed by atoms with Crippen molar-refractivity contribution in [3.8, 4) is 5.75 Å². The lowest BCUT2D eigenvalue weighted by Crippen LogP contribution is -2.31. The molecule has 24 heavy (non-hydrogen) atoms. The summed E-state index contributed by atoms with van der Waals surface area (Å²) in [5, 5.41) is 1.92. The van der Waals surface area contributed by atoms with Gasteiger partial charge in [0.1, 0.15) is 5.75 Å². The zero-order valence-electron chi connectivity index (χ0n) is 15.0. The monoisotopic (exact) mass is 352 g/mol. The molecule has 136 valence electrons. The van der Waals surface area contributed by atoms with Gasteiger partial charge in [-0.15, -0.1) is 0 Å². The second-order valence-electron chi connectivity index (χ2n) is 6.67. The van der Waals surface area contributed by atoms with Crippen LogP contribution in [0, 0.1) is 5.92 Å². The Morgan fingerprint density at radius 3 is 2.88 bits per heavy atom. The van der Waals surface area contributed by atoms with Gasteiger partial charge < -0.3 is 10.5 Å². The largest absolute Gasteiger partial charge is 0.493 e. The van der Waals surface area contributed by atoms with E-state index in [2.05, 4.69) is 23.8 Å². The zero-order chi connectivity index (χ0) is 17.4. The van der Waals surface area contributed by atoms with Crippen LogP contribution >= 0.6 is 0 Å². The number of benzene rings is 1. The molecule has 4 nitrogen and oxygen atoms in total. The van der Waals surface area contributed by atoms with E-state index >= 15 is 0 Å². The minimum Gasteiger partial charge on any atom is -0.493 e. The number of hydrogen-bond donors (Lipinski definition) is 2. The van der Waals surface area contributed by atoms with E-state index in [4.69, 9.17) is 10.5 Å². The molecule has 1 unspecified atom stereocenters. The number of hydrogen-bond acceptors (Lipinski definition) is 3. The molecular weight excluding hydrogens is 320 g/mol. The third-order valence-electron chi connectivity index (χ3n) is 4.25. The highest BCUT2D eigenvalue weighted by atomic mass is 32.2. The highest BCUT2D eigenvalue weighted by Crippen LogP contribution is 2.30. The fraction of sp³-hybridized carbons (Fsp3) is 0.632. The Morgan fingerprint density at radius 2 is 2.21 bits per heavy atom. The third-order valence-corrected chi connectivity index (χ3v) is 6.77. The average molecular weight is 353 g/mol. The standard InChI is InChI=1S/C19H32N2O2S/c1-3-12-24(22,13-5-4-11-20)21-16(2)18-7-6-8-19(14-18)23-15-17-9-10-17/h6-8,12,14,16-17H,3-5,9-11,13,15,20H2,1-2H3,(H,21,22)/t16-,24?/m1/s1. The minimum atomic E-state index is -2.16. The van der Waals surface area contributed by atoms with Gasteiger partial charge in [0, 0.05) is 21.5 Å². The molecule has 0 radical (unpaired) electrons. The topological polar surface area (TPSA) is 64.4 Å². The molecule has 0 amide bonds. The van der Waals surface area contributed by atoms with Crippen LogP contribution in [0.5, 0.6) is 5.75 Å². The minimum absolute atomic E-state index is 0.0163. The lowest BCUT2D eigenvalue weighted by Gasteiger charge is -2.20. The number of nitrogens with two attached hydrogens (primary N) is 1. The molecule has 2 rings (SSSR count). The summed E-state index contributed by atoms with van der Waals surface area (Å²) in [5.41, 5.74) is 6.67. The Hall–Kier alpha value is -1.04. The van der Waals surface area contributed by atoms with Crippen molar-refractivity contribution in [1.82, 2.24) is 4.72 Å². The van der Waals surface area contributed by atoms with Gasteiger partial charge in [-0.2, -0.15) is 0 Å². The molecule has 1 aromatic rings. The first kappa shape index (κ1) is 19.3. The molecule has 0 bridgehead atoms. The molecular formula is C19H32N2O2S. The summed E-state index contributed by atoms with van der Waals surface area (Å²) < 4.78 is 22.3. The van der Waals surface area contributed by atoms with E-state index < -0.39 is 9.71 Å².